The molecule has 0 aliphatic heterocycles. The van der Waals surface area contributed by atoms with Crippen molar-refractivity contribution in [3.8, 4) is 11.4 Å². The Balaban J connectivity index is 1.91. The average molecular weight is 429 g/mol. The van der Waals surface area contributed by atoms with Crippen LogP contribution in [0.1, 0.15) is 65.7 Å². The van der Waals surface area contributed by atoms with Gasteiger partial charge in [-0.3, -0.25) is 14.8 Å². The average Bonchev–Trinajstić information content (AvgIpc) is 2.73. The number of hydrogen-bond acceptors (Lipinski definition) is 5. The van der Waals surface area contributed by atoms with Crippen molar-refractivity contribution in [3.05, 3.63) is 71.1 Å². The van der Waals surface area contributed by atoms with Crippen molar-refractivity contribution in [2.24, 2.45) is 0 Å². The number of halogens is 3. The first-order chi connectivity index (χ1) is 14.6. The predicted octanol–water partition coefficient (Wildman–Crippen LogP) is 4.88. The number of nitrogens with one attached hydrogen (secondary N) is 1. The van der Waals surface area contributed by atoms with Crippen LogP contribution in [0.2, 0.25) is 0 Å². The molecule has 0 radical (unpaired) electrons. The van der Waals surface area contributed by atoms with Crippen LogP contribution < -0.4 is 5.32 Å². The molecule has 162 valence electrons. The molecule has 0 aliphatic rings. The molecule has 0 saturated heterocycles. The third-order valence-corrected chi connectivity index (χ3v) is 4.80. The molecule has 0 bridgehead atoms. The van der Waals surface area contributed by atoms with Crippen LogP contribution in [0.4, 0.5) is 13.2 Å². The zero-order valence-electron chi connectivity index (χ0n) is 17.5. The van der Waals surface area contributed by atoms with Gasteiger partial charge in [-0.2, -0.15) is 13.2 Å². The van der Waals surface area contributed by atoms with Gasteiger partial charge in [0.15, 0.2) is 0 Å². The normalized spacial score (nSPS) is 12.6. The zero-order chi connectivity index (χ0) is 22.8. The van der Waals surface area contributed by atoms with Crippen molar-refractivity contribution >= 4 is 5.91 Å². The second-order valence-electron chi connectivity index (χ2n) is 7.47. The summed E-state index contributed by atoms with van der Waals surface area (Å²) in [6.45, 7) is 7.46. The van der Waals surface area contributed by atoms with E-state index in [1.54, 1.807) is 25.3 Å². The fraction of sp³-hybridized carbons (Fsp3) is 0.318. The molecule has 1 unspecified atom stereocenters. The van der Waals surface area contributed by atoms with Gasteiger partial charge in [0.05, 0.1) is 17.4 Å². The van der Waals surface area contributed by atoms with Crippen LogP contribution in [0.3, 0.4) is 0 Å². The smallest absolute Gasteiger partial charge is 0.345 e. The minimum atomic E-state index is -4.62. The number of alkyl halides is 3. The summed E-state index contributed by atoms with van der Waals surface area (Å²) < 4.78 is 38.0. The lowest BCUT2D eigenvalue weighted by molar-refractivity contribution is -0.145. The van der Waals surface area contributed by atoms with E-state index in [9.17, 15) is 18.0 Å². The molecule has 1 amide bonds. The maximum atomic E-state index is 13.1. The molecule has 0 aromatic carbocycles. The number of carbonyl (C=O) groups is 1. The highest BCUT2D eigenvalue weighted by molar-refractivity contribution is 5.97. The van der Waals surface area contributed by atoms with E-state index >= 15 is 0 Å². The Hall–Kier alpha value is -3.36. The SMILES string of the molecule is Cc1c(C(=O)NC(C)c2cnc(C(F)(F)F)nc2)cc(-c2ccccn2)nc1C(C)C. The number of carbonyl (C=O) groups excluding carboxylic acids is 1. The van der Waals surface area contributed by atoms with Gasteiger partial charge in [0, 0.05) is 35.4 Å². The number of aromatic nitrogens is 4. The zero-order valence-corrected chi connectivity index (χ0v) is 17.5. The molecule has 3 aromatic heterocycles. The fourth-order valence-electron chi connectivity index (χ4n) is 3.14. The summed E-state index contributed by atoms with van der Waals surface area (Å²) in [7, 11) is 0. The summed E-state index contributed by atoms with van der Waals surface area (Å²) in [4.78, 5) is 28.8. The Morgan fingerprint density at radius 1 is 1.03 bits per heavy atom. The van der Waals surface area contributed by atoms with E-state index in [0.717, 1.165) is 23.7 Å². The second-order valence-corrected chi connectivity index (χ2v) is 7.47. The van der Waals surface area contributed by atoms with Crippen molar-refractivity contribution in [2.45, 2.75) is 45.8 Å². The van der Waals surface area contributed by atoms with Crippen molar-refractivity contribution in [3.63, 3.8) is 0 Å². The van der Waals surface area contributed by atoms with Gasteiger partial charge in [0.2, 0.25) is 5.82 Å². The molecule has 0 spiro atoms. The molecular formula is C22H22F3N5O. The lowest BCUT2D eigenvalue weighted by Gasteiger charge is -2.18. The van der Waals surface area contributed by atoms with Crippen LogP contribution in [-0.4, -0.2) is 25.8 Å². The Labute approximate surface area is 178 Å². The molecule has 9 heteroatoms. The molecule has 1 N–H and O–H groups in total. The van der Waals surface area contributed by atoms with E-state index in [1.807, 2.05) is 32.9 Å². The number of nitrogens with zero attached hydrogens (tertiary/aromatic N) is 4. The minimum Gasteiger partial charge on any atom is -0.345 e. The maximum absolute atomic E-state index is 13.1. The quantitative estimate of drug-likeness (QED) is 0.626. The first-order valence-corrected chi connectivity index (χ1v) is 9.71. The van der Waals surface area contributed by atoms with Crippen molar-refractivity contribution in [1.82, 2.24) is 25.3 Å². The van der Waals surface area contributed by atoms with Crippen LogP contribution in [0.25, 0.3) is 11.4 Å². The topological polar surface area (TPSA) is 80.7 Å². The lowest BCUT2D eigenvalue weighted by Crippen LogP contribution is -2.28. The van der Waals surface area contributed by atoms with E-state index in [1.165, 1.54) is 0 Å². The van der Waals surface area contributed by atoms with Crippen LogP contribution in [0.5, 0.6) is 0 Å². The highest BCUT2D eigenvalue weighted by Crippen LogP contribution is 2.27. The van der Waals surface area contributed by atoms with Gasteiger partial charge in [-0.25, -0.2) is 9.97 Å². The number of rotatable bonds is 5. The van der Waals surface area contributed by atoms with E-state index in [-0.39, 0.29) is 11.8 Å². The molecule has 31 heavy (non-hydrogen) atoms. The van der Waals surface area contributed by atoms with E-state index < -0.39 is 18.0 Å². The Kier molecular flexibility index (Phi) is 6.33. The highest BCUT2D eigenvalue weighted by Gasteiger charge is 2.34. The van der Waals surface area contributed by atoms with Gasteiger partial charge in [0.25, 0.3) is 5.91 Å². The molecule has 0 aliphatic carbocycles. The molecule has 3 aromatic rings. The molecule has 0 fully saturated rings. The van der Waals surface area contributed by atoms with E-state index in [0.29, 0.717) is 22.5 Å². The first kappa shape index (κ1) is 22.3. The van der Waals surface area contributed by atoms with E-state index in [2.05, 4.69) is 25.3 Å². The highest BCUT2D eigenvalue weighted by atomic mass is 19.4. The summed E-state index contributed by atoms with van der Waals surface area (Å²) in [5, 5.41) is 2.81. The third-order valence-electron chi connectivity index (χ3n) is 4.80. The molecule has 1 atom stereocenters. The first-order valence-electron chi connectivity index (χ1n) is 9.71. The standard InChI is InChI=1S/C22H22F3N5O/c1-12(2)19-13(3)16(9-18(30-19)17-7-5-6-8-26-17)20(31)29-14(4)15-10-27-21(28-11-15)22(23,24)25/h5-12,14H,1-4H3,(H,29,31). The Bertz CT molecular complexity index is 1070. The number of pyridine rings is 2. The van der Waals surface area contributed by atoms with E-state index in [4.69, 9.17) is 0 Å². The summed E-state index contributed by atoms with van der Waals surface area (Å²) in [5.41, 5.74) is 3.52. The summed E-state index contributed by atoms with van der Waals surface area (Å²) in [5.74, 6) is -1.51. The number of amides is 1. The summed E-state index contributed by atoms with van der Waals surface area (Å²) >= 11 is 0. The van der Waals surface area contributed by atoms with Crippen LogP contribution in [-0.2, 0) is 6.18 Å². The number of hydrogen-bond donors (Lipinski definition) is 1. The van der Waals surface area contributed by atoms with Crippen LogP contribution in [0, 0.1) is 6.92 Å². The minimum absolute atomic E-state index is 0.0796. The maximum Gasteiger partial charge on any atom is 0.451 e. The van der Waals surface area contributed by atoms with Crippen LogP contribution >= 0.6 is 0 Å². The summed E-state index contributed by atoms with van der Waals surface area (Å²) in [6.07, 6.45) is -0.829. The fourth-order valence-corrected chi connectivity index (χ4v) is 3.14. The molecule has 0 saturated carbocycles. The van der Waals surface area contributed by atoms with Gasteiger partial charge in [-0.05, 0) is 43.5 Å². The second kappa shape index (κ2) is 8.79. The Morgan fingerprint density at radius 2 is 1.71 bits per heavy atom. The summed E-state index contributed by atoms with van der Waals surface area (Å²) in [6, 6.07) is 6.53. The van der Waals surface area contributed by atoms with Gasteiger partial charge < -0.3 is 5.32 Å². The Morgan fingerprint density at radius 3 is 2.26 bits per heavy atom. The lowest BCUT2D eigenvalue weighted by atomic mass is 9.97. The molecular weight excluding hydrogens is 407 g/mol. The molecule has 3 rings (SSSR count). The molecule has 3 heterocycles. The third kappa shape index (κ3) is 5.04. The predicted molar refractivity (Wildman–Crippen MR) is 109 cm³/mol. The van der Waals surface area contributed by atoms with Gasteiger partial charge in [-0.1, -0.05) is 19.9 Å². The van der Waals surface area contributed by atoms with Gasteiger partial charge in [0.1, 0.15) is 0 Å². The molecule has 6 nitrogen and oxygen atoms in total. The monoisotopic (exact) mass is 429 g/mol. The largest absolute Gasteiger partial charge is 0.451 e. The van der Waals surface area contributed by atoms with Gasteiger partial charge >= 0.3 is 6.18 Å². The van der Waals surface area contributed by atoms with Gasteiger partial charge in [-0.15, -0.1) is 0 Å². The van der Waals surface area contributed by atoms with Crippen molar-refractivity contribution in [2.75, 3.05) is 0 Å². The van der Waals surface area contributed by atoms with Crippen molar-refractivity contribution in [1.29, 1.82) is 0 Å². The van der Waals surface area contributed by atoms with Crippen LogP contribution in [0.15, 0.2) is 42.9 Å². The van der Waals surface area contributed by atoms with Crippen molar-refractivity contribution < 1.29 is 18.0 Å².